The number of aliphatic hydroxyl groups excluding tert-OH is 4. The van der Waals surface area contributed by atoms with Crippen LogP contribution in [0.25, 0.3) is 32.7 Å². The summed E-state index contributed by atoms with van der Waals surface area (Å²) >= 11 is 0. The largest absolute Gasteiger partial charge is 0.494 e. The minimum atomic E-state index is -1.54. The zero-order valence-electron chi connectivity index (χ0n) is 31.5. The number of aromatic hydroxyl groups is 1. The van der Waals surface area contributed by atoms with E-state index in [1.807, 2.05) is 38.0 Å². The fraction of sp³-hybridized carbons (Fsp3) is 0.568. The molecule has 1 aromatic carbocycles. The predicted octanol–water partition coefficient (Wildman–Crippen LogP) is -1.79. The summed E-state index contributed by atoms with van der Waals surface area (Å²) in [6.45, 7) is 2.03. The third-order valence-electron chi connectivity index (χ3n) is 10.0. The number of hydrogen-bond donors (Lipinski definition) is 5. The van der Waals surface area contributed by atoms with Gasteiger partial charge < -0.3 is 44.8 Å². The van der Waals surface area contributed by atoms with Gasteiger partial charge in [-0.3, -0.25) is 33.2 Å². The zero-order chi connectivity index (χ0) is 39.6. The zero-order valence-corrected chi connectivity index (χ0v) is 31.5. The van der Waals surface area contributed by atoms with E-state index in [4.69, 9.17) is 14.5 Å². The van der Waals surface area contributed by atoms with E-state index in [0.717, 1.165) is 0 Å². The Hall–Kier alpha value is -4.40. The molecular formula is C37H50N8O10. The van der Waals surface area contributed by atoms with Gasteiger partial charge in [-0.1, -0.05) is 5.21 Å². The highest BCUT2D eigenvalue weighted by Crippen LogP contribution is 2.36. The number of aromatic nitrogens is 5. The Bertz CT molecular complexity index is 2290. The highest BCUT2D eigenvalue weighted by molar-refractivity contribution is 6.15. The van der Waals surface area contributed by atoms with E-state index < -0.39 is 54.0 Å². The first-order valence-electron chi connectivity index (χ1n) is 18.5. The second-order valence-electron chi connectivity index (χ2n) is 14.6. The van der Waals surface area contributed by atoms with Crippen LogP contribution >= 0.6 is 0 Å². The lowest BCUT2D eigenvalue weighted by molar-refractivity contribution is -0.300. The third kappa shape index (κ3) is 8.27. The van der Waals surface area contributed by atoms with Gasteiger partial charge in [0.2, 0.25) is 5.88 Å². The summed E-state index contributed by atoms with van der Waals surface area (Å²) in [6, 6.07) is 4.85. The lowest BCUT2D eigenvalue weighted by Crippen LogP contribution is -2.59. The van der Waals surface area contributed by atoms with Crippen molar-refractivity contribution in [1.82, 2.24) is 33.9 Å². The second kappa shape index (κ2) is 17.2. The van der Waals surface area contributed by atoms with Crippen LogP contribution in [0.5, 0.6) is 5.88 Å². The Morgan fingerprint density at radius 3 is 2.24 bits per heavy atom. The average molecular weight is 767 g/mol. The molecule has 0 saturated carbocycles. The van der Waals surface area contributed by atoms with Crippen LogP contribution in [0, 0.1) is 0 Å². The maximum Gasteiger partial charge on any atom is 0.263 e. The number of aliphatic hydroxyl groups is 4. The van der Waals surface area contributed by atoms with Crippen molar-refractivity contribution in [1.29, 1.82) is 0 Å². The highest BCUT2D eigenvalue weighted by atomic mass is 16.7. The maximum atomic E-state index is 14.2. The molecule has 5 atom stereocenters. The summed E-state index contributed by atoms with van der Waals surface area (Å²) in [5.41, 5.74) is -0.168. The van der Waals surface area contributed by atoms with Gasteiger partial charge in [0.05, 0.1) is 35.2 Å². The number of pyridine rings is 2. The molecule has 18 heteroatoms. The molecule has 0 spiro atoms. The summed E-state index contributed by atoms with van der Waals surface area (Å²) < 4.78 is 15.1. The van der Waals surface area contributed by atoms with Crippen molar-refractivity contribution in [3.05, 3.63) is 66.5 Å². The van der Waals surface area contributed by atoms with Crippen LogP contribution in [0.4, 0.5) is 0 Å². The van der Waals surface area contributed by atoms with Crippen LogP contribution in [0.15, 0.2) is 43.8 Å². The van der Waals surface area contributed by atoms with Crippen molar-refractivity contribution < 1.29 is 35.0 Å². The molecule has 0 radical (unpaired) electrons. The Balaban J connectivity index is 1.26. The lowest BCUT2D eigenvalue weighted by Gasteiger charge is -2.39. The summed E-state index contributed by atoms with van der Waals surface area (Å²) in [6.07, 6.45) is -3.13. The van der Waals surface area contributed by atoms with Gasteiger partial charge >= 0.3 is 0 Å². The molecule has 2 aromatic heterocycles. The lowest BCUT2D eigenvalue weighted by atomic mass is 9.90. The van der Waals surface area contributed by atoms with Crippen molar-refractivity contribution in [2.45, 2.75) is 76.0 Å². The van der Waals surface area contributed by atoms with Gasteiger partial charge in [0, 0.05) is 60.5 Å². The fourth-order valence-electron chi connectivity index (χ4n) is 7.17. The van der Waals surface area contributed by atoms with Gasteiger partial charge in [0.25, 0.3) is 16.7 Å². The van der Waals surface area contributed by atoms with Gasteiger partial charge in [0.1, 0.15) is 24.4 Å². The number of nitrogens with zero attached hydrogens (tertiary/aromatic N) is 8. The number of ether oxygens (including phenoxy) is 2. The van der Waals surface area contributed by atoms with Gasteiger partial charge in [0.15, 0.2) is 6.29 Å². The minimum Gasteiger partial charge on any atom is -0.494 e. The van der Waals surface area contributed by atoms with Gasteiger partial charge in [-0.15, -0.1) is 5.10 Å². The normalized spacial score (nSPS) is 21.1. The van der Waals surface area contributed by atoms with E-state index in [1.54, 1.807) is 29.1 Å². The van der Waals surface area contributed by atoms with Crippen molar-refractivity contribution in [3.8, 4) is 17.0 Å². The van der Waals surface area contributed by atoms with Crippen LogP contribution in [0.1, 0.15) is 25.0 Å². The van der Waals surface area contributed by atoms with E-state index in [2.05, 4.69) is 10.3 Å². The number of hydrogen-bond acceptors (Lipinski definition) is 15. The molecule has 1 fully saturated rings. The maximum absolute atomic E-state index is 14.2. The summed E-state index contributed by atoms with van der Waals surface area (Å²) in [4.78, 5) is 50.6. The van der Waals surface area contributed by atoms with Crippen molar-refractivity contribution in [2.75, 3.05) is 61.0 Å². The number of rotatable bonds is 17. The molecule has 3 aromatic rings. The topological polar surface area (TPSA) is 230 Å². The molecule has 18 nitrogen and oxygen atoms in total. The summed E-state index contributed by atoms with van der Waals surface area (Å²) in [7, 11) is 7.69. The molecule has 2 aliphatic heterocycles. The van der Waals surface area contributed by atoms with Crippen molar-refractivity contribution in [2.24, 2.45) is 4.99 Å². The third-order valence-corrected chi connectivity index (χ3v) is 10.0. The van der Waals surface area contributed by atoms with Gasteiger partial charge in [-0.25, -0.2) is 0 Å². The first-order valence-corrected chi connectivity index (χ1v) is 18.5. The predicted molar refractivity (Wildman–Crippen MR) is 202 cm³/mol. The minimum absolute atomic E-state index is 0.0536. The molecule has 0 bridgehead atoms. The first kappa shape index (κ1) is 40.3. The molecular weight excluding hydrogens is 716 g/mol. The monoisotopic (exact) mass is 766 g/mol. The standard InChI is InChI=1S/C37H50N8O10/c1-41(2)12-6-15-44-33(50)22-8-9-23-28-27(22)24(35(44)52)18-25(29(28)36(53)45(34(23)51)16-7-13-42(3)4)38-11-5-14-43-19-21(39-40-43)10-17-54-37-32(49)31(48)30(47)26(20-46)55-37/h8-9,18-19,26,30-32,37,46-49,51H,5-7,10-17,20H2,1-4H3/t26-,30-,31+,32-,37-/m1/s1. The van der Waals surface area contributed by atoms with E-state index in [0.29, 0.717) is 78.1 Å². The SMILES string of the molecule is CN(C)CCCn1c(O)c2ccc3c4c2c(c(=NCCCn2cc(CCO[C@@H]5O[C@H](CO)[C@@H](O)[C@H](O)[C@H]5O)nn2)cc-4c(=O)n(CCCN(C)C)c3=O)c1=O. The van der Waals surface area contributed by atoms with Crippen LogP contribution in [0.2, 0.25) is 0 Å². The quantitative estimate of drug-likeness (QED) is 0.0520. The van der Waals surface area contributed by atoms with Crippen LogP contribution in [-0.4, -0.2) is 151 Å². The molecule has 298 valence electrons. The average Bonchev–Trinajstić information content (AvgIpc) is 3.61. The van der Waals surface area contributed by atoms with Crippen LogP contribution in [0.3, 0.4) is 0 Å². The highest BCUT2D eigenvalue weighted by Gasteiger charge is 2.44. The van der Waals surface area contributed by atoms with Gasteiger partial charge in [-0.05, 0) is 78.7 Å². The van der Waals surface area contributed by atoms with E-state index >= 15 is 0 Å². The van der Waals surface area contributed by atoms with E-state index in [9.17, 15) is 39.9 Å². The van der Waals surface area contributed by atoms with E-state index in [1.165, 1.54) is 9.13 Å². The second-order valence-corrected chi connectivity index (χ2v) is 14.6. The summed E-state index contributed by atoms with van der Waals surface area (Å²) in [5, 5.41) is 60.8. The molecule has 1 saturated heterocycles. The molecule has 4 heterocycles. The Morgan fingerprint density at radius 1 is 0.855 bits per heavy atom. The summed E-state index contributed by atoms with van der Waals surface area (Å²) in [5.74, 6) is -0.222. The van der Waals surface area contributed by atoms with Crippen molar-refractivity contribution in [3.63, 3.8) is 0 Å². The Kier molecular flexibility index (Phi) is 12.6. The molecule has 0 amide bonds. The van der Waals surface area contributed by atoms with Gasteiger partial charge in [-0.2, -0.15) is 0 Å². The molecule has 3 aliphatic rings. The van der Waals surface area contributed by atoms with E-state index in [-0.39, 0.29) is 43.1 Å². The molecule has 5 N–H and O–H groups in total. The van der Waals surface area contributed by atoms with Crippen LogP contribution in [-0.2, 0) is 35.5 Å². The number of aryl methyl sites for hydroxylation is 1. The van der Waals surface area contributed by atoms with Crippen LogP contribution < -0.4 is 22.0 Å². The van der Waals surface area contributed by atoms with Crippen molar-refractivity contribution >= 4 is 21.5 Å². The molecule has 6 rings (SSSR count). The Morgan fingerprint density at radius 2 is 1.55 bits per heavy atom. The smallest absolute Gasteiger partial charge is 0.263 e. The fourth-order valence-corrected chi connectivity index (χ4v) is 7.17. The Labute approximate surface area is 315 Å². The number of benzene rings is 2. The molecule has 0 unspecified atom stereocenters. The first-order chi connectivity index (χ1) is 26.3. The molecule has 55 heavy (non-hydrogen) atoms. The molecule has 1 aliphatic carbocycles.